The number of aromatic nitrogens is 3. The monoisotopic (exact) mass is 282 g/mol. The molecule has 0 bridgehead atoms. The lowest BCUT2D eigenvalue weighted by Crippen LogP contribution is -1.95. The zero-order chi connectivity index (χ0) is 14.7. The molecule has 0 unspecified atom stereocenters. The van der Waals surface area contributed by atoms with Crippen LogP contribution in [0.5, 0.6) is 17.4 Å². The number of imidazole rings is 1. The summed E-state index contributed by atoms with van der Waals surface area (Å²) in [5, 5.41) is 0. The number of pyridine rings is 1. The number of nitrogen functional groups attached to an aromatic ring is 1. The zero-order valence-electron chi connectivity index (χ0n) is 11.4. The fourth-order valence-electron chi connectivity index (χ4n) is 1.90. The number of benzene rings is 1. The number of nitrogens with two attached hydrogens (primary N) is 1. The first-order valence-electron chi connectivity index (χ1n) is 6.33. The molecule has 6 nitrogen and oxygen atoms in total. The molecule has 0 aliphatic carbocycles. The maximum Gasteiger partial charge on any atom is 0.219 e. The van der Waals surface area contributed by atoms with Gasteiger partial charge in [0.1, 0.15) is 12.1 Å². The molecule has 2 aromatic heterocycles. The van der Waals surface area contributed by atoms with Crippen LogP contribution in [0.15, 0.2) is 55.1 Å². The number of anilines is 1. The first kappa shape index (κ1) is 13.0. The number of ether oxygens (including phenoxy) is 2. The Morgan fingerprint density at radius 3 is 2.67 bits per heavy atom. The molecule has 0 aliphatic rings. The summed E-state index contributed by atoms with van der Waals surface area (Å²) >= 11 is 0. The van der Waals surface area contributed by atoms with E-state index in [9.17, 15) is 0 Å². The summed E-state index contributed by atoms with van der Waals surface area (Å²) in [7, 11) is 1.59. The Kier molecular flexibility index (Phi) is 3.42. The molecular weight excluding hydrogens is 268 g/mol. The molecular formula is C15H14N4O2. The van der Waals surface area contributed by atoms with Gasteiger partial charge < -0.3 is 19.8 Å². The largest absolute Gasteiger partial charge is 0.493 e. The van der Waals surface area contributed by atoms with Crippen LogP contribution < -0.4 is 15.2 Å². The van der Waals surface area contributed by atoms with E-state index in [1.165, 1.54) is 0 Å². The molecule has 0 atom stereocenters. The highest BCUT2D eigenvalue weighted by molar-refractivity contribution is 5.50. The SMILES string of the molecule is COc1cc(-n2cnc(N)c2)ccc1Oc1ccccn1. The smallest absolute Gasteiger partial charge is 0.219 e. The molecule has 0 amide bonds. The summed E-state index contributed by atoms with van der Waals surface area (Å²) in [6, 6.07) is 11.0. The third kappa shape index (κ3) is 2.79. The molecule has 2 N–H and O–H groups in total. The minimum Gasteiger partial charge on any atom is -0.493 e. The van der Waals surface area contributed by atoms with Crippen LogP contribution in [0.4, 0.5) is 5.82 Å². The second-order valence-electron chi connectivity index (χ2n) is 4.31. The van der Waals surface area contributed by atoms with Gasteiger partial charge in [0, 0.05) is 18.3 Å². The molecule has 0 fully saturated rings. The molecule has 106 valence electrons. The highest BCUT2D eigenvalue weighted by atomic mass is 16.5. The van der Waals surface area contributed by atoms with Gasteiger partial charge in [-0.25, -0.2) is 9.97 Å². The minimum absolute atomic E-state index is 0.461. The van der Waals surface area contributed by atoms with E-state index in [-0.39, 0.29) is 0 Å². The van der Waals surface area contributed by atoms with Gasteiger partial charge >= 0.3 is 0 Å². The van der Waals surface area contributed by atoms with Gasteiger partial charge in [-0.3, -0.25) is 0 Å². The number of methoxy groups -OCH3 is 1. The van der Waals surface area contributed by atoms with E-state index in [0.29, 0.717) is 23.2 Å². The standard InChI is InChI=1S/C15H14N4O2/c1-20-13-8-11(19-9-14(16)18-10-19)5-6-12(13)21-15-4-2-3-7-17-15/h2-10H,16H2,1H3. The van der Waals surface area contributed by atoms with E-state index >= 15 is 0 Å². The molecule has 0 radical (unpaired) electrons. The zero-order valence-corrected chi connectivity index (χ0v) is 11.4. The fraction of sp³-hybridized carbons (Fsp3) is 0.0667. The highest BCUT2D eigenvalue weighted by Gasteiger charge is 2.09. The average molecular weight is 282 g/mol. The van der Waals surface area contributed by atoms with E-state index in [2.05, 4.69) is 9.97 Å². The van der Waals surface area contributed by atoms with Gasteiger partial charge in [-0.15, -0.1) is 0 Å². The second kappa shape index (κ2) is 5.54. The van der Waals surface area contributed by atoms with Gasteiger partial charge in [0.2, 0.25) is 5.88 Å². The third-order valence-electron chi connectivity index (χ3n) is 2.90. The van der Waals surface area contributed by atoms with Gasteiger partial charge in [0.15, 0.2) is 11.5 Å². The molecule has 0 saturated heterocycles. The van der Waals surface area contributed by atoms with E-state index in [1.54, 1.807) is 31.9 Å². The quantitative estimate of drug-likeness (QED) is 0.796. The maximum atomic E-state index is 5.71. The molecule has 3 rings (SSSR count). The van der Waals surface area contributed by atoms with Crippen LogP contribution in [0, 0.1) is 0 Å². The fourth-order valence-corrected chi connectivity index (χ4v) is 1.90. The van der Waals surface area contributed by atoms with Crippen molar-refractivity contribution in [1.82, 2.24) is 14.5 Å². The van der Waals surface area contributed by atoms with Crippen LogP contribution in [0.3, 0.4) is 0 Å². The summed E-state index contributed by atoms with van der Waals surface area (Å²) in [4.78, 5) is 8.12. The molecule has 1 aromatic carbocycles. The molecule has 0 spiro atoms. The average Bonchev–Trinajstić information content (AvgIpc) is 2.95. The molecule has 0 saturated carbocycles. The Hall–Kier alpha value is -3.02. The minimum atomic E-state index is 0.461. The van der Waals surface area contributed by atoms with Gasteiger partial charge in [-0.1, -0.05) is 6.07 Å². The van der Waals surface area contributed by atoms with Crippen LogP contribution in [0.1, 0.15) is 0 Å². The summed E-state index contributed by atoms with van der Waals surface area (Å²) in [5.74, 6) is 2.16. The maximum absolute atomic E-state index is 5.71. The Balaban J connectivity index is 1.92. The summed E-state index contributed by atoms with van der Waals surface area (Å²) in [5.41, 5.74) is 6.50. The number of nitrogens with zero attached hydrogens (tertiary/aromatic N) is 3. The lowest BCUT2D eigenvalue weighted by atomic mass is 10.2. The number of rotatable bonds is 4. The van der Waals surface area contributed by atoms with Crippen LogP contribution in [-0.4, -0.2) is 21.6 Å². The van der Waals surface area contributed by atoms with Crippen molar-refractivity contribution in [2.75, 3.05) is 12.8 Å². The van der Waals surface area contributed by atoms with Crippen molar-refractivity contribution in [3.05, 3.63) is 55.1 Å². The predicted molar refractivity (Wildman–Crippen MR) is 78.8 cm³/mol. The molecule has 6 heteroatoms. The van der Waals surface area contributed by atoms with Crippen LogP contribution in [0.2, 0.25) is 0 Å². The van der Waals surface area contributed by atoms with Crippen molar-refractivity contribution >= 4 is 5.82 Å². The lowest BCUT2D eigenvalue weighted by Gasteiger charge is -2.11. The highest BCUT2D eigenvalue weighted by Crippen LogP contribution is 2.32. The van der Waals surface area contributed by atoms with Crippen molar-refractivity contribution in [2.45, 2.75) is 0 Å². The molecule has 3 aromatic rings. The summed E-state index contributed by atoms with van der Waals surface area (Å²) in [6.45, 7) is 0. The molecule has 0 aliphatic heterocycles. The lowest BCUT2D eigenvalue weighted by molar-refractivity contribution is 0.374. The van der Waals surface area contributed by atoms with E-state index in [4.69, 9.17) is 15.2 Å². The molecule has 2 heterocycles. The first-order valence-corrected chi connectivity index (χ1v) is 6.33. The van der Waals surface area contributed by atoms with E-state index in [1.807, 2.05) is 34.9 Å². The summed E-state index contributed by atoms with van der Waals surface area (Å²) in [6.07, 6.45) is 5.04. The summed E-state index contributed by atoms with van der Waals surface area (Å²) < 4.78 is 12.9. The Morgan fingerprint density at radius 1 is 1.10 bits per heavy atom. The normalized spacial score (nSPS) is 10.3. The van der Waals surface area contributed by atoms with Crippen LogP contribution >= 0.6 is 0 Å². The van der Waals surface area contributed by atoms with Crippen molar-refractivity contribution in [3.63, 3.8) is 0 Å². The number of hydrogen-bond acceptors (Lipinski definition) is 5. The Bertz CT molecular complexity index is 740. The van der Waals surface area contributed by atoms with E-state index in [0.717, 1.165) is 5.69 Å². The first-order chi connectivity index (χ1) is 10.3. The number of hydrogen-bond donors (Lipinski definition) is 1. The Labute approximate surface area is 121 Å². The van der Waals surface area contributed by atoms with Crippen molar-refractivity contribution in [3.8, 4) is 23.1 Å². The van der Waals surface area contributed by atoms with E-state index < -0.39 is 0 Å². The Morgan fingerprint density at radius 2 is 2.00 bits per heavy atom. The van der Waals surface area contributed by atoms with Crippen molar-refractivity contribution < 1.29 is 9.47 Å². The van der Waals surface area contributed by atoms with Crippen LogP contribution in [0.25, 0.3) is 5.69 Å². The topological polar surface area (TPSA) is 75.2 Å². The van der Waals surface area contributed by atoms with Gasteiger partial charge in [-0.2, -0.15) is 0 Å². The third-order valence-corrected chi connectivity index (χ3v) is 2.90. The second-order valence-corrected chi connectivity index (χ2v) is 4.31. The van der Waals surface area contributed by atoms with Crippen LogP contribution in [-0.2, 0) is 0 Å². The van der Waals surface area contributed by atoms with Crippen molar-refractivity contribution in [2.24, 2.45) is 0 Å². The van der Waals surface area contributed by atoms with Gasteiger partial charge in [0.25, 0.3) is 0 Å². The predicted octanol–water partition coefficient (Wildman–Crippen LogP) is 2.65. The van der Waals surface area contributed by atoms with Gasteiger partial charge in [-0.05, 0) is 18.2 Å². The molecule has 21 heavy (non-hydrogen) atoms. The van der Waals surface area contributed by atoms with Crippen molar-refractivity contribution in [1.29, 1.82) is 0 Å². The van der Waals surface area contributed by atoms with Gasteiger partial charge in [0.05, 0.1) is 19.0 Å².